The van der Waals surface area contributed by atoms with Gasteiger partial charge in [0.2, 0.25) is 0 Å². The molecular weight excluding hydrogens is 446 g/mol. The molecule has 2 N–H and O–H groups in total. The lowest BCUT2D eigenvalue weighted by Gasteiger charge is -2.32. The number of aryl methyl sites for hydroxylation is 1. The molecule has 0 saturated carbocycles. The number of hydrogen-bond acceptors (Lipinski definition) is 3. The van der Waals surface area contributed by atoms with Crippen LogP contribution in [0.5, 0.6) is 0 Å². The summed E-state index contributed by atoms with van der Waals surface area (Å²) in [7, 11) is 0. The van der Waals surface area contributed by atoms with Gasteiger partial charge >= 0.3 is 0 Å². The zero-order chi connectivity index (χ0) is 25.5. The SMILES string of the molecule is CCCCc1ccc(C(=O)Nc2ccc(N3CCc4ccccc4C3)c(C(=O)NC(C)CC)c2)cc1. The van der Waals surface area contributed by atoms with Crippen molar-refractivity contribution in [3.05, 3.63) is 94.5 Å². The number of nitrogens with one attached hydrogen (secondary N) is 2. The molecule has 1 aliphatic heterocycles. The first-order valence-electron chi connectivity index (χ1n) is 13.2. The van der Waals surface area contributed by atoms with Crippen molar-refractivity contribution in [2.45, 2.75) is 65.5 Å². The molecule has 3 aromatic carbocycles. The zero-order valence-corrected chi connectivity index (χ0v) is 21.6. The number of rotatable bonds is 9. The Kier molecular flexibility index (Phi) is 8.42. The molecule has 5 nitrogen and oxygen atoms in total. The van der Waals surface area contributed by atoms with E-state index in [0.29, 0.717) is 16.8 Å². The topological polar surface area (TPSA) is 61.4 Å². The number of unbranched alkanes of at least 4 members (excludes halogenated alkanes) is 1. The van der Waals surface area contributed by atoms with Gasteiger partial charge in [0.05, 0.1) is 5.56 Å². The molecule has 0 aliphatic carbocycles. The molecule has 1 atom stereocenters. The fourth-order valence-corrected chi connectivity index (χ4v) is 4.58. The Hall–Kier alpha value is -3.60. The second-order valence-corrected chi connectivity index (χ2v) is 9.71. The number of anilines is 2. The number of hydrogen-bond donors (Lipinski definition) is 2. The van der Waals surface area contributed by atoms with Gasteiger partial charge in [-0.3, -0.25) is 9.59 Å². The number of carbonyl (C=O) groups is 2. The van der Waals surface area contributed by atoms with Crippen molar-refractivity contribution in [2.75, 3.05) is 16.8 Å². The quantitative estimate of drug-likeness (QED) is 0.372. The van der Waals surface area contributed by atoms with Crippen molar-refractivity contribution in [2.24, 2.45) is 0 Å². The lowest BCUT2D eigenvalue weighted by Crippen LogP contribution is -2.35. The van der Waals surface area contributed by atoms with Crippen LogP contribution in [0.15, 0.2) is 66.7 Å². The van der Waals surface area contributed by atoms with E-state index in [0.717, 1.165) is 50.9 Å². The van der Waals surface area contributed by atoms with E-state index in [-0.39, 0.29) is 17.9 Å². The minimum atomic E-state index is -0.176. The lowest BCUT2D eigenvalue weighted by molar-refractivity contribution is 0.0938. The summed E-state index contributed by atoms with van der Waals surface area (Å²) < 4.78 is 0. The van der Waals surface area contributed by atoms with Crippen molar-refractivity contribution in [1.82, 2.24) is 5.32 Å². The second kappa shape index (κ2) is 11.9. The van der Waals surface area contributed by atoms with Crippen LogP contribution in [0.3, 0.4) is 0 Å². The second-order valence-electron chi connectivity index (χ2n) is 9.71. The zero-order valence-electron chi connectivity index (χ0n) is 21.6. The molecule has 36 heavy (non-hydrogen) atoms. The van der Waals surface area contributed by atoms with Gasteiger partial charge < -0.3 is 15.5 Å². The molecule has 0 bridgehead atoms. The summed E-state index contributed by atoms with van der Waals surface area (Å²) in [5, 5.41) is 6.09. The van der Waals surface area contributed by atoms with Gasteiger partial charge in [-0.15, -0.1) is 0 Å². The highest BCUT2D eigenvalue weighted by atomic mass is 16.2. The number of fused-ring (bicyclic) bond motifs is 1. The predicted octanol–water partition coefficient (Wildman–Crippen LogP) is 6.37. The van der Waals surface area contributed by atoms with Gasteiger partial charge in [-0.2, -0.15) is 0 Å². The van der Waals surface area contributed by atoms with E-state index in [1.54, 1.807) is 6.07 Å². The van der Waals surface area contributed by atoms with Crippen molar-refractivity contribution in [1.29, 1.82) is 0 Å². The average molecular weight is 484 g/mol. The molecule has 0 saturated heterocycles. The summed E-state index contributed by atoms with van der Waals surface area (Å²) in [6, 6.07) is 22.0. The molecule has 5 heteroatoms. The summed E-state index contributed by atoms with van der Waals surface area (Å²) in [6.07, 6.45) is 5.10. The molecule has 4 rings (SSSR count). The van der Waals surface area contributed by atoms with Crippen LogP contribution >= 0.6 is 0 Å². The summed E-state index contributed by atoms with van der Waals surface area (Å²) in [4.78, 5) is 28.5. The smallest absolute Gasteiger partial charge is 0.255 e. The minimum absolute atomic E-state index is 0.0666. The number of carbonyl (C=O) groups excluding carboxylic acids is 2. The first kappa shape index (κ1) is 25.5. The Morgan fingerprint density at radius 1 is 0.944 bits per heavy atom. The molecule has 0 spiro atoms. The Balaban J connectivity index is 1.57. The Bertz CT molecular complexity index is 1200. The molecule has 1 unspecified atom stereocenters. The third kappa shape index (κ3) is 6.14. The maximum atomic E-state index is 13.3. The molecule has 1 heterocycles. The minimum Gasteiger partial charge on any atom is -0.366 e. The van der Waals surface area contributed by atoms with E-state index in [1.165, 1.54) is 16.7 Å². The van der Waals surface area contributed by atoms with Gasteiger partial charge in [-0.1, -0.05) is 56.7 Å². The van der Waals surface area contributed by atoms with Crippen LogP contribution in [0.1, 0.15) is 77.4 Å². The van der Waals surface area contributed by atoms with Gasteiger partial charge in [-0.05, 0) is 79.6 Å². The number of nitrogens with zero attached hydrogens (tertiary/aromatic N) is 1. The normalized spacial score (nSPS) is 13.6. The monoisotopic (exact) mass is 483 g/mol. The largest absolute Gasteiger partial charge is 0.366 e. The van der Waals surface area contributed by atoms with E-state index >= 15 is 0 Å². The van der Waals surface area contributed by atoms with E-state index < -0.39 is 0 Å². The summed E-state index contributed by atoms with van der Waals surface area (Å²) in [6.45, 7) is 7.84. The van der Waals surface area contributed by atoms with Gasteiger partial charge in [-0.25, -0.2) is 0 Å². The average Bonchev–Trinajstić information content (AvgIpc) is 2.91. The Morgan fingerprint density at radius 3 is 2.42 bits per heavy atom. The van der Waals surface area contributed by atoms with Crippen LogP contribution in [0.2, 0.25) is 0 Å². The Labute approximate surface area is 214 Å². The molecule has 0 radical (unpaired) electrons. The molecule has 2 amide bonds. The summed E-state index contributed by atoms with van der Waals surface area (Å²) in [5.74, 6) is -0.292. The van der Waals surface area contributed by atoms with Crippen LogP contribution in [0.4, 0.5) is 11.4 Å². The molecular formula is C31H37N3O2. The highest BCUT2D eigenvalue weighted by molar-refractivity contribution is 6.06. The van der Waals surface area contributed by atoms with Crippen LogP contribution in [-0.2, 0) is 19.4 Å². The summed E-state index contributed by atoms with van der Waals surface area (Å²) >= 11 is 0. The lowest BCUT2D eigenvalue weighted by atomic mass is 9.98. The van der Waals surface area contributed by atoms with E-state index in [4.69, 9.17) is 0 Å². The van der Waals surface area contributed by atoms with Crippen LogP contribution in [-0.4, -0.2) is 24.4 Å². The van der Waals surface area contributed by atoms with Crippen LogP contribution < -0.4 is 15.5 Å². The predicted molar refractivity (Wildman–Crippen MR) is 148 cm³/mol. The first-order chi connectivity index (χ1) is 17.5. The van der Waals surface area contributed by atoms with Gasteiger partial charge in [0, 0.05) is 36.1 Å². The van der Waals surface area contributed by atoms with E-state index in [1.807, 2.05) is 43.3 Å². The fraction of sp³-hybridized carbons (Fsp3) is 0.355. The number of amides is 2. The fourth-order valence-electron chi connectivity index (χ4n) is 4.58. The maximum absolute atomic E-state index is 13.3. The van der Waals surface area contributed by atoms with E-state index in [9.17, 15) is 9.59 Å². The molecule has 0 fully saturated rings. The number of benzene rings is 3. The van der Waals surface area contributed by atoms with Crippen molar-refractivity contribution >= 4 is 23.2 Å². The van der Waals surface area contributed by atoms with Gasteiger partial charge in [0.25, 0.3) is 11.8 Å². The van der Waals surface area contributed by atoms with Crippen molar-refractivity contribution in [3.63, 3.8) is 0 Å². The van der Waals surface area contributed by atoms with Gasteiger partial charge in [0.1, 0.15) is 0 Å². The first-order valence-corrected chi connectivity index (χ1v) is 13.2. The Morgan fingerprint density at radius 2 is 1.69 bits per heavy atom. The van der Waals surface area contributed by atoms with Crippen LogP contribution in [0.25, 0.3) is 0 Å². The maximum Gasteiger partial charge on any atom is 0.255 e. The highest BCUT2D eigenvalue weighted by Gasteiger charge is 2.22. The van der Waals surface area contributed by atoms with Crippen molar-refractivity contribution in [3.8, 4) is 0 Å². The molecule has 0 aromatic heterocycles. The molecule has 3 aromatic rings. The van der Waals surface area contributed by atoms with Crippen molar-refractivity contribution < 1.29 is 9.59 Å². The third-order valence-electron chi connectivity index (χ3n) is 7.00. The van der Waals surface area contributed by atoms with Gasteiger partial charge in [0.15, 0.2) is 0 Å². The standard InChI is InChI=1S/C31H37N3O2/c1-4-6-9-23-12-14-25(15-13-23)30(35)33-27-16-17-29(28(20-27)31(36)32-22(3)5-2)34-19-18-24-10-7-8-11-26(24)21-34/h7-8,10-17,20,22H,4-6,9,18-19,21H2,1-3H3,(H,32,36)(H,33,35). The summed E-state index contributed by atoms with van der Waals surface area (Å²) in [5.41, 5.74) is 6.60. The third-order valence-corrected chi connectivity index (χ3v) is 7.00. The molecule has 188 valence electrons. The highest BCUT2D eigenvalue weighted by Crippen LogP contribution is 2.30. The molecule has 1 aliphatic rings. The van der Waals surface area contributed by atoms with Crippen LogP contribution in [0, 0.1) is 0 Å². The van der Waals surface area contributed by atoms with E-state index in [2.05, 4.69) is 53.6 Å².